The van der Waals surface area contributed by atoms with Crippen LogP contribution < -0.4 is 20.7 Å². The normalized spacial score (nSPS) is 12.3. The highest BCUT2D eigenvalue weighted by Gasteiger charge is 2.21. The van der Waals surface area contributed by atoms with Crippen molar-refractivity contribution in [3.05, 3.63) is 42.1 Å². The van der Waals surface area contributed by atoms with Gasteiger partial charge in [-0.1, -0.05) is 6.92 Å². The number of nitriles is 1. The zero-order chi connectivity index (χ0) is 26.1. The molecule has 0 fully saturated rings. The fraction of sp³-hybridized carbons (Fsp3) is 0.364. The Morgan fingerprint density at radius 3 is 2.67 bits per heavy atom. The lowest BCUT2D eigenvalue weighted by atomic mass is 10.1. The van der Waals surface area contributed by atoms with Gasteiger partial charge in [-0.3, -0.25) is 0 Å². The molecular formula is C22H26FN9O4. The largest absolute Gasteiger partial charge is 0.474 e. The first-order valence-corrected chi connectivity index (χ1v) is 11.0. The highest BCUT2D eigenvalue weighted by Crippen LogP contribution is 2.27. The average molecular weight is 500 g/mol. The van der Waals surface area contributed by atoms with Gasteiger partial charge in [-0.25, -0.2) is 19.2 Å². The van der Waals surface area contributed by atoms with E-state index >= 15 is 0 Å². The smallest absolute Gasteiger partial charge is 0.404 e. The zero-order valence-electron chi connectivity index (χ0n) is 19.9. The van der Waals surface area contributed by atoms with Crippen LogP contribution in [0.2, 0.25) is 0 Å². The van der Waals surface area contributed by atoms with Gasteiger partial charge in [0.1, 0.15) is 18.4 Å². The van der Waals surface area contributed by atoms with Crippen LogP contribution >= 0.6 is 0 Å². The van der Waals surface area contributed by atoms with Crippen molar-refractivity contribution < 1.29 is 23.8 Å². The van der Waals surface area contributed by atoms with E-state index in [1.165, 1.54) is 23.4 Å². The minimum absolute atomic E-state index is 0.0398. The number of halogens is 1. The molecule has 2 atom stereocenters. The summed E-state index contributed by atoms with van der Waals surface area (Å²) < 4.78 is 25.4. The molecule has 0 radical (unpaired) electrons. The highest BCUT2D eigenvalue weighted by atomic mass is 19.1. The zero-order valence-corrected chi connectivity index (χ0v) is 19.9. The summed E-state index contributed by atoms with van der Waals surface area (Å²) in [6.07, 6.45) is 3.75. The van der Waals surface area contributed by atoms with Crippen molar-refractivity contribution in [2.45, 2.75) is 32.4 Å². The van der Waals surface area contributed by atoms with Gasteiger partial charge in [0, 0.05) is 19.2 Å². The average Bonchev–Trinajstić information content (AvgIpc) is 3.39. The molecule has 190 valence electrons. The van der Waals surface area contributed by atoms with E-state index in [9.17, 15) is 14.4 Å². The number of carbonyl (C=O) groups is 1. The number of anilines is 3. The lowest BCUT2D eigenvalue weighted by Crippen LogP contribution is -2.44. The van der Waals surface area contributed by atoms with Crippen molar-refractivity contribution >= 4 is 23.4 Å². The van der Waals surface area contributed by atoms with Crippen molar-refractivity contribution in [2.75, 3.05) is 31.0 Å². The Morgan fingerprint density at radius 2 is 2.03 bits per heavy atom. The Bertz CT molecular complexity index is 1220. The molecule has 0 spiro atoms. The molecule has 0 aliphatic heterocycles. The number of carboxylic acid groups (broad SMARTS) is 1. The summed E-state index contributed by atoms with van der Waals surface area (Å²) in [5, 5.41) is 35.0. The molecule has 3 rings (SSSR count). The van der Waals surface area contributed by atoms with Crippen LogP contribution in [-0.4, -0.2) is 68.6 Å². The Kier molecular flexibility index (Phi) is 8.89. The lowest BCUT2D eigenvalue weighted by Gasteiger charge is -2.25. The Balaban J connectivity index is 1.91. The summed E-state index contributed by atoms with van der Waals surface area (Å²) in [5.41, 5.74) is 0.789. The van der Waals surface area contributed by atoms with Gasteiger partial charge in [-0.05, 0) is 25.5 Å². The number of hydrogen-bond acceptors (Lipinski definition) is 10. The van der Waals surface area contributed by atoms with E-state index in [1.807, 2.05) is 13.0 Å². The first kappa shape index (κ1) is 26.1. The van der Waals surface area contributed by atoms with E-state index < -0.39 is 24.0 Å². The number of nitrogens with zero attached hydrogens (tertiary/aromatic N) is 6. The van der Waals surface area contributed by atoms with Gasteiger partial charge >= 0.3 is 6.09 Å². The van der Waals surface area contributed by atoms with Gasteiger partial charge < -0.3 is 30.5 Å². The Labute approximate surface area is 206 Å². The standard InChI is InChI=1S/C22H26FN9O4/c1-4-17(13(2)28-22(33)34)30-20-16(23)9-14(11-24)19(31-20)29-15-10-18(32-26-5-6-27-32)21(25-12-15)36-8-7-35-3/h5-6,9-10,12-13,17,28H,4,7-8H2,1-3H3,(H,33,34)(H2,29,30,31)/t13-,17+/m0/s1. The lowest BCUT2D eigenvalue weighted by molar-refractivity contribution is 0.143. The molecule has 0 unspecified atom stereocenters. The van der Waals surface area contributed by atoms with Gasteiger partial charge in [0.05, 0.1) is 36.4 Å². The summed E-state index contributed by atoms with van der Waals surface area (Å²) in [7, 11) is 1.55. The van der Waals surface area contributed by atoms with Crippen LogP contribution in [0.1, 0.15) is 25.8 Å². The number of rotatable bonds is 12. The van der Waals surface area contributed by atoms with Gasteiger partial charge in [0.15, 0.2) is 17.5 Å². The van der Waals surface area contributed by atoms with Crippen LogP contribution in [0.5, 0.6) is 5.88 Å². The molecule has 13 nitrogen and oxygen atoms in total. The molecule has 1 amide bonds. The summed E-state index contributed by atoms with van der Waals surface area (Å²) >= 11 is 0. The van der Waals surface area contributed by atoms with Crippen molar-refractivity contribution in [3.63, 3.8) is 0 Å². The van der Waals surface area contributed by atoms with Gasteiger partial charge in [-0.2, -0.15) is 15.5 Å². The van der Waals surface area contributed by atoms with Gasteiger partial charge in [-0.15, -0.1) is 4.80 Å². The maximum absolute atomic E-state index is 14.7. The molecule has 3 aromatic rings. The Morgan fingerprint density at radius 1 is 1.28 bits per heavy atom. The molecule has 0 aromatic carbocycles. The molecule has 3 heterocycles. The second-order valence-electron chi connectivity index (χ2n) is 7.56. The second-order valence-corrected chi connectivity index (χ2v) is 7.56. The maximum Gasteiger partial charge on any atom is 0.404 e. The summed E-state index contributed by atoms with van der Waals surface area (Å²) in [4.78, 5) is 20.9. The summed E-state index contributed by atoms with van der Waals surface area (Å²) in [6, 6.07) is 3.62. The SMILES string of the molecule is CC[C@@H](Nc1nc(Nc2cnc(OCCOC)c(-n3nccn3)c2)c(C#N)cc1F)[C@H](C)NC(=O)O. The molecular weight excluding hydrogens is 473 g/mol. The number of hydrogen-bond donors (Lipinski definition) is 4. The molecule has 36 heavy (non-hydrogen) atoms. The van der Waals surface area contributed by atoms with Gasteiger partial charge in [0.2, 0.25) is 5.88 Å². The van der Waals surface area contributed by atoms with E-state index in [-0.39, 0.29) is 29.7 Å². The van der Waals surface area contributed by atoms with E-state index in [2.05, 4.69) is 36.1 Å². The van der Waals surface area contributed by atoms with Crippen molar-refractivity contribution in [1.29, 1.82) is 5.26 Å². The first-order chi connectivity index (χ1) is 17.4. The first-order valence-electron chi connectivity index (χ1n) is 11.0. The van der Waals surface area contributed by atoms with Crippen molar-refractivity contribution in [1.82, 2.24) is 30.3 Å². The molecule has 4 N–H and O–H groups in total. The molecule has 0 saturated carbocycles. The van der Waals surface area contributed by atoms with Crippen molar-refractivity contribution in [3.8, 4) is 17.6 Å². The van der Waals surface area contributed by atoms with E-state index in [0.29, 0.717) is 24.4 Å². The third-order valence-corrected chi connectivity index (χ3v) is 5.07. The monoisotopic (exact) mass is 499 g/mol. The summed E-state index contributed by atoms with van der Waals surface area (Å²) in [6.45, 7) is 4.09. The van der Waals surface area contributed by atoms with E-state index in [4.69, 9.17) is 14.6 Å². The Hall–Kier alpha value is -4.51. The van der Waals surface area contributed by atoms with Crippen LogP contribution in [0.25, 0.3) is 5.69 Å². The fourth-order valence-corrected chi connectivity index (χ4v) is 3.28. The quantitative estimate of drug-likeness (QED) is 0.270. The molecule has 3 aromatic heterocycles. The number of aromatic nitrogens is 5. The van der Waals surface area contributed by atoms with E-state index in [0.717, 1.165) is 6.07 Å². The number of ether oxygens (including phenoxy) is 2. The highest BCUT2D eigenvalue weighted by molar-refractivity contribution is 5.67. The van der Waals surface area contributed by atoms with E-state index in [1.54, 1.807) is 20.1 Å². The molecule has 14 heteroatoms. The topological polar surface area (TPSA) is 172 Å². The summed E-state index contributed by atoms with van der Waals surface area (Å²) in [5.74, 6) is -0.554. The third-order valence-electron chi connectivity index (χ3n) is 5.07. The van der Waals surface area contributed by atoms with Crippen LogP contribution in [0.15, 0.2) is 30.7 Å². The fourth-order valence-electron chi connectivity index (χ4n) is 3.28. The van der Waals surface area contributed by atoms with Crippen molar-refractivity contribution in [2.24, 2.45) is 0 Å². The molecule has 0 saturated heterocycles. The van der Waals surface area contributed by atoms with Crippen LogP contribution in [0.4, 0.5) is 26.5 Å². The minimum atomic E-state index is -1.19. The number of nitrogens with one attached hydrogen (secondary N) is 3. The molecule has 0 aliphatic rings. The predicted molar refractivity (Wildman–Crippen MR) is 127 cm³/mol. The molecule has 0 aliphatic carbocycles. The minimum Gasteiger partial charge on any atom is -0.474 e. The number of methoxy groups -OCH3 is 1. The van der Waals surface area contributed by atoms with Gasteiger partial charge in [0.25, 0.3) is 0 Å². The van der Waals surface area contributed by atoms with Crippen LogP contribution in [0.3, 0.4) is 0 Å². The molecule has 0 bridgehead atoms. The number of amides is 1. The second kappa shape index (κ2) is 12.3. The van der Waals surface area contributed by atoms with Crippen LogP contribution in [0, 0.1) is 17.1 Å². The predicted octanol–water partition coefficient (Wildman–Crippen LogP) is 2.68. The maximum atomic E-state index is 14.7. The third kappa shape index (κ3) is 6.54. The van der Waals surface area contributed by atoms with Crippen LogP contribution in [-0.2, 0) is 4.74 Å². The number of pyridine rings is 2.